The summed E-state index contributed by atoms with van der Waals surface area (Å²) >= 11 is 0. The standard InChI is InChI=1S/C19H19N5O2/c1-11-17-15(10-23(11)3)24-12(2)21-22-19(24)14(9-16(25)26)20-18(17)13-7-5-4-6-8-13/h4-8,10,14H,9H2,1-3H3,(H,25,26). The van der Waals surface area contributed by atoms with E-state index in [4.69, 9.17) is 4.99 Å². The molecule has 26 heavy (non-hydrogen) atoms. The fraction of sp³-hybridized carbons (Fsp3) is 0.263. The highest BCUT2D eigenvalue weighted by atomic mass is 16.4. The maximum absolute atomic E-state index is 11.4. The first-order chi connectivity index (χ1) is 12.5. The van der Waals surface area contributed by atoms with Gasteiger partial charge in [0.1, 0.15) is 11.9 Å². The van der Waals surface area contributed by atoms with Gasteiger partial charge >= 0.3 is 5.97 Å². The molecule has 7 heteroatoms. The Labute approximate surface area is 150 Å². The SMILES string of the molecule is Cc1c2c(cn1C)-n1c(C)nnc1C(CC(=O)O)N=C2c1ccccc1. The van der Waals surface area contributed by atoms with Crippen LogP contribution in [-0.2, 0) is 11.8 Å². The molecule has 1 aromatic carbocycles. The highest BCUT2D eigenvalue weighted by molar-refractivity contribution is 6.16. The summed E-state index contributed by atoms with van der Waals surface area (Å²) in [4.78, 5) is 16.3. The second-order valence-corrected chi connectivity index (χ2v) is 6.48. The van der Waals surface area contributed by atoms with Crippen LogP contribution >= 0.6 is 0 Å². The maximum atomic E-state index is 11.4. The van der Waals surface area contributed by atoms with E-state index in [1.54, 1.807) is 0 Å². The van der Waals surface area contributed by atoms with E-state index in [0.717, 1.165) is 28.2 Å². The summed E-state index contributed by atoms with van der Waals surface area (Å²) in [7, 11) is 1.99. The molecular formula is C19H19N5O2. The maximum Gasteiger partial charge on any atom is 0.306 e. The Morgan fingerprint density at radius 3 is 2.62 bits per heavy atom. The highest BCUT2D eigenvalue weighted by Gasteiger charge is 2.31. The summed E-state index contributed by atoms with van der Waals surface area (Å²) in [6.07, 6.45) is 1.88. The minimum atomic E-state index is -0.915. The Kier molecular flexibility index (Phi) is 3.72. The Balaban J connectivity index is 2.05. The molecule has 0 aliphatic carbocycles. The van der Waals surface area contributed by atoms with E-state index in [0.29, 0.717) is 11.6 Å². The molecular weight excluding hydrogens is 330 g/mol. The number of carboxylic acids is 1. The van der Waals surface area contributed by atoms with Gasteiger partial charge in [-0.25, -0.2) is 0 Å². The van der Waals surface area contributed by atoms with E-state index in [-0.39, 0.29) is 6.42 Å². The van der Waals surface area contributed by atoms with E-state index in [2.05, 4.69) is 10.2 Å². The Hall–Kier alpha value is -3.22. The minimum absolute atomic E-state index is 0.135. The summed E-state index contributed by atoms with van der Waals surface area (Å²) in [5.41, 5.74) is 4.70. The first-order valence-electron chi connectivity index (χ1n) is 8.41. The molecule has 1 atom stereocenters. The highest BCUT2D eigenvalue weighted by Crippen LogP contribution is 2.34. The molecule has 0 fully saturated rings. The summed E-state index contributed by atoms with van der Waals surface area (Å²) in [5, 5.41) is 17.8. The van der Waals surface area contributed by atoms with Gasteiger partial charge in [0.25, 0.3) is 0 Å². The van der Waals surface area contributed by atoms with Crippen molar-refractivity contribution in [2.75, 3.05) is 0 Å². The van der Waals surface area contributed by atoms with E-state index in [1.165, 1.54) is 0 Å². The Morgan fingerprint density at radius 1 is 1.19 bits per heavy atom. The van der Waals surface area contributed by atoms with Crippen LogP contribution in [-0.4, -0.2) is 36.1 Å². The van der Waals surface area contributed by atoms with Crippen LogP contribution in [0.3, 0.4) is 0 Å². The van der Waals surface area contributed by atoms with Crippen molar-refractivity contribution in [2.45, 2.75) is 26.3 Å². The topological polar surface area (TPSA) is 85.3 Å². The summed E-state index contributed by atoms with van der Waals surface area (Å²) in [5.74, 6) is 0.358. The van der Waals surface area contributed by atoms with Crippen molar-refractivity contribution in [3.8, 4) is 5.69 Å². The number of aliphatic carboxylic acids is 1. The van der Waals surface area contributed by atoms with Gasteiger partial charge in [-0.15, -0.1) is 10.2 Å². The van der Waals surface area contributed by atoms with Crippen LogP contribution in [0.5, 0.6) is 0 Å². The van der Waals surface area contributed by atoms with Crippen molar-refractivity contribution in [1.82, 2.24) is 19.3 Å². The third-order valence-corrected chi connectivity index (χ3v) is 4.79. The van der Waals surface area contributed by atoms with E-state index < -0.39 is 12.0 Å². The average molecular weight is 349 g/mol. The molecule has 132 valence electrons. The van der Waals surface area contributed by atoms with Gasteiger partial charge in [0.2, 0.25) is 0 Å². The second kappa shape index (κ2) is 5.94. The lowest BCUT2D eigenvalue weighted by Gasteiger charge is -2.11. The first-order valence-corrected chi connectivity index (χ1v) is 8.41. The molecule has 0 spiro atoms. The van der Waals surface area contributed by atoms with Crippen LogP contribution < -0.4 is 0 Å². The predicted molar refractivity (Wildman–Crippen MR) is 96.9 cm³/mol. The number of rotatable bonds is 3. The molecule has 1 N–H and O–H groups in total. The van der Waals surface area contributed by atoms with Crippen LogP contribution in [0, 0.1) is 13.8 Å². The molecule has 3 aromatic rings. The molecule has 0 bridgehead atoms. The normalized spacial score (nSPS) is 15.8. The van der Waals surface area contributed by atoms with Crippen molar-refractivity contribution in [2.24, 2.45) is 12.0 Å². The third kappa shape index (κ3) is 2.44. The molecule has 1 unspecified atom stereocenters. The lowest BCUT2D eigenvalue weighted by atomic mass is 10.0. The smallest absolute Gasteiger partial charge is 0.306 e. The number of nitrogens with zero attached hydrogens (tertiary/aromatic N) is 5. The summed E-state index contributed by atoms with van der Waals surface area (Å²) < 4.78 is 3.97. The van der Waals surface area contributed by atoms with E-state index in [9.17, 15) is 9.90 Å². The second-order valence-electron chi connectivity index (χ2n) is 6.48. The lowest BCUT2D eigenvalue weighted by Crippen LogP contribution is -2.11. The lowest BCUT2D eigenvalue weighted by molar-refractivity contribution is -0.137. The van der Waals surface area contributed by atoms with Crippen molar-refractivity contribution in [1.29, 1.82) is 0 Å². The van der Waals surface area contributed by atoms with Crippen LogP contribution in [0.1, 0.15) is 40.9 Å². The number of aliphatic imine (C=N–C) groups is 1. The van der Waals surface area contributed by atoms with Gasteiger partial charge in [-0.1, -0.05) is 30.3 Å². The summed E-state index contributed by atoms with van der Waals surface area (Å²) in [6.45, 7) is 3.90. The van der Waals surface area contributed by atoms with Gasteiger partial charge in [-0.3, -0.25) is 14.4 Å². The fourth-order valence-corrected chi connectivity index (χ4v) is 3.46. The molecule has 7 nitrogen and oxygen atoms in total. The van der Waals surface area contributed by atoms with Crippen LogP contribution in [0.2, 0.25) is 0 Å². The zero-order chi connectivity index (χ0) is 18.4. The van der Waals surface area contributed by atoms with Gasteiger partial charge in [-0.05, 0) is 13.8 Å². The molecule has 2 aromatic heterocycles. The quantitative estimate of drug-likeness (QED) is 0.787. The van der Waals surface area contributed by atoms with Gasteiger partial charge in [0, 0.05) is 30.1 Å². The third-order valence-electron chi connectivity index (χ3n) is 4.79. The van der Waals surface area contributed by atoms with Gasteiger partial charge in [0.05, 0.1) is 17.8 Å². The summed E-state index contributed by atoms with van der Waals surface area (Å²) in [6, 6.07) is 9.25. The monoisotopic (exact) mass is 349 g/mol. The van der Waals surface area contributed by atoms with Crippen molar-refractivity contribution in [3.63, 3.8) is 0 Å². The molecule has 4 rings (SSSR count). The van der Waals surface area contributed by atoms with Gasteiger partial charge in [-0.2, -0.15) is 0 Å². The van der Waals surface area contributed by atoms with Crippen molar-refractivity contribution in [3.05, 3.63) is 65.0 Å². The van der Waals surface area contributed by atoms with E-state index in [1.807, 2.05) is 66.6 Å². The minimum Gasteiger partial charge on any atom is -0.481 e. The molecule has 1 aliphatic rings. The number of carboxylic acid groups (broad SMARTS) is 1. The zero-order valence-electron chi connectivity index (χ0n) is 14.8. The Bertz CT molecular complexity index is 1030. The number of fused-ring (bicyclic) bond motifs is 3. The van der Waals surface area contributed by atoms with Crippen LogP contribution in [0.15, 0.2) is 41.5 Å². The number of aryl methyl sites for hydroxylation is 2. The van der Waals surface area contributed by atoms with E-state index >= 15 is 0 Å². The molecule has 0 saturated heterocycles. The predicted octanol–water partition coefficient (Wildman–Crippen LogP) is 2.59. The molecule has 0 saturated carbocycles. The number of hydrogen-bond donors (Lipinski definition) is 1. The van der Waals surface area contributed by atoms with Crippen LogP contribution in [0.25, 0.3) is 5.69 Å². The fourth-order valence-electron chi connectivity index (χ4n) is 3.46. The van der Waals surface area contributed by atoms with Crippen molar-refractivity contribution >= 4 is 11.7 Å². The largest absolute Gasteiger partial charge is 0.481 e. The zero-order valence-corrected chi connectivity index (χ0v) is 14.8. The molecule has 0 amide bonds. The first kappa shape index (κ1) is 16.3. The average Bonchev–Trinajstić information content (AvgIpc) is 3.08. The molecule has 0 radical (unpaired) electrons. The number of aromatic nitrogens is 4. The van der Waals surface area contributed by atoms with Gasteiger partial charge < -0.3 is 9.67 Å². The number of carbonyl (C=O) groups is 1. The van der Waals surface area contributed by atoms with Crippen molar-refractivity contribution < 1.29 is 9.90 Å². The van der Waals surface area contributed by atoms with Crippen LogP contribution in [0.4, 0.5) is 0 Å². The van der Waals surface area contributed by atoms with Gasteiger partial charge in [0.15, 0.2) is 5.82 Å². The number of benzene rings is 1. The Morgan fingerprint density at radius 2 is 1.92 bits per heavy atom. The molecule has 1 aliphatic heterocycles. The molecule has 3 heterocycles. The number of hydrogen-bond acceptors (Lipinski definition) is 4.